The molecule has 3 rings (SSSR count). The first kappa shape index (κ1) is 12.8. The van der Waals surface area contributed by atoms with Crippen molar-refractivity contribution in [2.24, 2.45) is 0 Å². The van der Waals surface area contributed by atoms with Crippen LogP contribution in [-0.4, -0.2) is 23.7 Å². The summed E-state index contributed by atoms with van der Waals surface area (Å²) in [7, 11) is 0. The third-order valence-electron chi connectivity index (χ3n) is 3.34. The number of carbonyl (C=O) groups is 1. The average molecular weight is 271 g/mol. The zero-order valence-corrected chi connectivity index (χ0v) is 11.1. The normalized spacial score (nSPS) is 14.2. The number of phenols is 1. The summed E-state index contributed by atoms with van der Waals surface area (Å²) in [6, 6.07) is 11.3. The zero-order valence-electron chi connectivity index (χ0n) is 11.1. The molecule has 4 nitrogen and oxygen atoms in total. The van der Waals surface area contributed by atoms with Gasteiger partial charge in [-0.25, -0.2) is 0 Å². The molecule has 0 bridgehead atoms. The van der Waals surface area contributed by atoms with Crippen LogP contribution >= 0.6 is 0 Å². The van der Waals surface area contributed by atoms with Crippen molar-refractivity contribution in [1.29, 1.82) is 0 Å². The largest absolute Gasteiger partial charge is 0.508 e. The SMILES string of the molecule is O=C(CCOc1ccc2ccc(O)cc2c1)NC1CC1. The molecule has 2 aromatic rings. The number of aromatic hydroxyl groups is 1. The Labute approximate surface area is 117 Å². The van der Waals surface area contributed by atoms with Crippen molar-refractivity contribution >= 4 is 16.7 Å². The lowest BCUT2D eigenvalue weighted by molar-refractivity contribution is -0.121. The lowest BCUT2D eigenvalue weighted by Crippen LogP contribution is -2.26. The lowest BCUT2D eigenvalue weighted by atomic mass is 10.1. The molecule has 20 heavy (non-hydrogen) atoms. The molecule has 0 heterocycles. The van der Waals surface area contributed by atoms with Crippen LogP contribution in [0.3, 0.4) is 0 Å². The Hall–Kier alpha value is -2.23. The van der Waals surface area contributed by atoms with E-state index < -0.39 is 0 Å². The number of hydrogen-bond donors (Lipinski definition) is 2. The van der Waals surface area contributed by atoms with Gasteiger partial charge in [-0.3, -0.25) is 4.79 Å². The van der Waals surface area contributed by atoms with Crippen molar-refractivity contribution in [3.8, 4) is 11.5 Å². The highest BCUT2D eigenvalue weighted by Gasteiger charge is 2.22. The van der Waals surface area contributed by atoms with E-state index >= 15 is 0 Å². The number of hydrogen-bond acceptors (Lipinski definition) is 3. The molecule has 0 radical (unpaired) electrons. The molecule has 4 heteroatoms. The summed E-state index contributed by atoms with van der Waals surface area (Å²) < 4.78 is 5.58. The fourth-order valence-electron chi connectivity index (χ4n) is 2.09. The van der Waals surface area contributed by atoms with Gasteiger partial charge in [-0.2, -0.15) is 0 Å². The quantitative estimate of drug-likeness (QED) is 0.878. The topological polar surface area (TPSA) is 58.6 Å². The number of carbonyl (C=O) groups excluding carboxylic acids is 1. The minimum Gasteiger partial charge on any atom is -0.508 e. The molecule has 1 amide bonds. The van der Waals surface area contributed by atoms with Crippen molar-refractivity contribution in [2.45, 2.75) is 25.3 Å². The van der Waals surface area contributed by atoms with Gasteiger partial charge in [-0.05, 0) is 47.9 Å². The van der Waals surface area contributed by atoms with E-state index in [-0.39, 0.29) is 11.7 Å². The number of phenolic OH excluding ortho intramolecular Hbond substituents is 1. The van der Waals surface area contributed by atoms with E-state index in [4.69, 9.17) is 4.74 Å². The van der Waals surface area contributed by atoms with Crippen molar-refractivity contribution in [1.82, 2.24) is 5.32 Å². The highest BCUT2D eigenvalue weighted by molar-refractivity contribution is 5.85. The molecule has 0 unspecified atom stereocenters. The molecule has 1 saturated carbocycles. The zero-order chi connectivity index (χ0) is 13.9. The van der Waals surface area contributed by atoms with E-state index in [1.54, 1.807) is 12.1 Å². The van der Waals surface area contributed by atoms with Gasteiger partial charge in [0.1, 0.15) is 11.5 Å². The Morgan fingerprint density at radius 1 is 1.20 bits per heavy atom. The van der Waals surface area contributed by atoms with Crippen LogP contribution in [0.4, 0.5) is 0 Å². The predicted octanol–water partition coefficient (Wildman–Crippen LogP) is 2.59. The minimum absolute atomic E-state index is 0.0472. The standard InChI is InChI=1S/C16H17NO3/c18-14-5-1-11-2-6-15(10-12(11)9-14)20-8-7-16(19)17-13-3-4-13/h1-2,5-6,9-10,13,18H,3-4,7-8H2,(H,17,19). The van der Waals surface area contributed by atoms with Gasteiger partial charge in [0, 0.05) is 6.04 Å². The molecule has 0 spiro atoms. The van der Waals surface area contributed by atoms with E-state index in [1.165, 1.54) is 0 Å². The molecule has 1 aliphatic rings. The summed E-state index contributed by atoms with van der Waals surface area (Å²) in [5, 5.41) is 14.4. The van der Waals surface area contributed by atoms with Gasteiger partial charge < -0.3 is 15.2 Å². The first-order valence-electron chi connectivity index (χ1n) is 6.86. The van der Waals surface area contributed by atoms with Crippen LogP contribution in [0.5, 0.6) is 11.5 Å². The van der Waals surface area contributed by atoms with Gasteiger partial charge in [-0.15, -0.1) is 0 Å². The van der Waals surface area contributed by atoms with Gasteiger partial charge >= 0.3 is 0 Å². The third kappa shape index (κ3) is 3.20. The minimum atomic E-state index is 0.0472. The Kier molecular flexibility index (Phi) is 3.46. The Morgan fingerprint density at radius 2 is 2.00 bits per heavy atom. The Balaban J connectivity index is 1.57. The molecule has 104 valence electrons. The van der Waals surface area contributed by atoms with Crippen molar-refractivity contribution in [3.63, 3.8) is 0 Å². The molecule has 1 fully saturated rings. The van der Waals surface area contributed by atoms with Crippen LogP contribution in [0.15, 0.2) is 36.4 Å². The highest BCUT2D eigenvalue weighted by atomic mass is 16.5. The Morgan fingerprint density at radius 3 is 2.80 bits per heavy atom. The van der Waals surface area contributed by atoms with Gasteiger partial charge in [-0.1, -0.05) is 12.1 Å². The van der Waals surface area contributed by atoms with Gasteiger partial charge in [0.25, 0.3) is 0 Å². The highest BCUT2D eigenvalue weighted by Crippen LogP contribution is 2.24. The fraction of sp³-hybridized carbons (Fsp3) is 0.312. The third-order valence-corrected chi connectivity index (χ3v) is 3.34. The smallest absolute Gasteiger partial charge is 0.223 e. The monoisotopic (exact) mass is 271 g/mol. The summed E-state index contributed by atoms with van der Waals surface area (Å²) >= 11 is 0. The molecule has 2 aromatic carbocycles. The number of fused-ring (bicyclic) bond motifs is 1. The summed E-state index contributed by atoms with van der Waals surface area (Å²) in [5.41, 5.74) is 0. The van der Waals surface area contributed by atoms with E-state index in [1.807, 2.05) is 24.3 Å². The van der Waals surface area contributed by atoms with E-state index in [0.29, 0.717) is 24.8 Å². The number of ether oxygens (including phenoxy) is 1. The average Bonchev–Trinajstić information content (AvgIpc) is 3.22. The molecule has 0 aliphatic heterocycles. The first-order chi connectivity index (χ1) is 9.70. The van der Waals surface area contributed by atoms with Crippen LogP contribution < -0.4 is 10.1 Å². The molecule has 0 atom stereocenters. The summed E-state index contributed by atoms with van der Waals surface area (Å²) in [6.07, 6.45) is 2.57. The second-order valence-electron chi connectivity index (χ2n) is 5.13. The Bertz CT molecular complexity index is 635. The van der Waals surface area contributed by atoms with Gasteiger partial charge in [0.05, 0.1) is 13.0 Å². The van der Waals surface area contributed by atoms with Gasteiger partial charge in [0.15, 0.2) is 0 Å². The maximum Gasteiger partial charge on any atom is 0.223 e. The number of rotatable bonds is 5. The first-order valence-corrected chi connectivity index (χ1v) is 6.86. The van der Waals surface area contributed by atoms with Crippen LogP contribution in [0.2, 0.25) is 0 Å². The number of amides is 1. The van der Waals surface area contributed by atoms with Crippen molar-refractivity contribution in [2.75, 3.05) is 6.61 Å². The molecule has 1 aliphatic carbocycles. The van der Waals surface area contributed by atoms with Crippen LogP contribution in [0, 0.1) is 0 Å². The fourth-order valence-corrected chi connectivity index (χ4v) is 2.09. The van der Waals surface area contributed by atoms with Crippen LogP contribution in [-0.2, 0) is 4.79 Å². The van der Waals surface area contributed by atoms with E-state index in [9.17, 15) is 9.90 Å². The predicted molar refractivity (Wildman–Crippen MR) is 76.9 cm³/mol. The maximum absolute atomic E-state index is 11.5. The second-order valence-corrected chi connectivity index (χ2v) is 5.13. The molecular formula is C16H17NO3. The summed E-state index contributed by atoms with van der Waals surface area (Å²) in [6.45, 7) is 0.364. The second kappa shape index (κ2) is 5.41. The summed E-state index contributed by atoms with van der Waals surface area (Å²) in [5.74, 6) is 0.992. The number of nitrogens with one attached hydrogen (secondary N) is 1. The maximum atomic E-state index is 11.5. The molecule has 0 saturated heterocycles. The van der Waals surface area contributed by atoms with Crippen LogP contribution in [0.1, 0.15) is 19.3 Å². The lowest BCUT2D eigenvalue weighted by Gasteiger charge is -2.08. The molecule has 0 aromatic heterocycles. The summed E-state index contributed by atoms with van der Waals surface area (Å²) in [4.78, 5) is 11.5. The molecular weight excluding hydrogens is 254 g/mol. The van der Waals surface area contributed by atoms with Crippen LogP contribution in [0.25, 0.3) is 10.8 Å². The van der Waals surface area contributed by atoms with E-state index in [2.05, 4.69) is 5.32 Å². The van der Waals surface area contributed by atoms with Gasteiger partial charge in [0.2, 0.25) is 5.91 Å². The number of benzene rings is 2. The van der Waals surface area contributed by atoms with Crippen molar-refractivity contribution < 1.29 is 14.6 Å². The van der Waals surface area contributed by atoms with Crippen molar-refractivity contribution in [3.05, 3.63) is 36.4 Å². The molecule has 2 N–H and O–H groups in total. The van der Waals surface area contributed by atoms with E-state index in [0.717, 1.165) is 23.6 Å².